The summed E-state index contributed by atoms with van der Waals surface area (Å²) in [5.41, 5.74) is 14.3. The highest BCUT2D eigenvalue weighted by Gasteiger charge is 2.28. The summed E-state index contributed by atoms with van der Waals surface area (Å²) in [5.74, 6) is -0.573. The first-order valence-electron chi connectivity index (χ1n) is 13.9. The third-order valence-electron chi connectivity index (χ3n) is 7.37. The van der Waals surface area contributed by atoms with Crippen LogP contribution in [0.15, 0.2) is 36.5 Å². The van der Waals surface area contributed by atoms with Gasteiger partial charge in [0.25, 0.3) is 11.8 Å². The van der Waals surface area contributed by atoms with Crippen LogP contribution in [0.5, 0.6) is 0 Å². The summed E-state index contributed by atoms with van der Waals surface area (Å²) in [6.45, 7) is 10.6. The average Bonchev–Trinajstić information content (AvgIpc) is 3.12. The molecule has 1 aromatic carbocycles. The first-order valence-corrected chi connectivity index (χ1v) is 14.7. The summed E-state index contributed by atoms with van der Waals surface area (Å²) in [6.07, 6.45) is 2.33. The molecule has 41 heavy (non-hydrogen) atoms. The van der Waals surface area contributed by atoms with Crippen molar-refractivity contribution in [3.8, 4) is 0 Å². The lowest BCUT2D eigenvalue weighted by Gasteiger charge is -2.35. The molecule has 2 aliphatic heterocycles. The lowest BCUT2D eigenvalue weighted by molar-refractivity contribution is 0.0141. The van der Waals surface area contributed by atoms with Gasteiger partial charge >= 0.3 is 6.09 Å². The number of carbonyl (C=O) groups excluding carboxylic acids is 3. The lowest BCUT2D eigenvalue weighted by Crippen LogP contribution is -2.51. The molecule has 0 bridgehead atoms. The number of nitrogens with two attached hydrogens (primary N) is 2. The third-order valence-corrected chi connectivity index (χ3v) is 8.49. The van der Waals surface area contributed by atoms with E-state index in [1.165, 1.54) is 11.3 Å². The minimum atomic E-state index is -0.544. The van der Waals surface area contributed by atoms with Crippen molar-refractivity contribution in [2.24, 2.45) is 5.73 Å². The van der Waals surface area contributed by atoms with E-state index in [1.54, 1.807) is 16.0 Å². The number of primary amides is 1. The Labute approximate surface area is 243 Å². The van der Waals surface area contributed by atoms with Gasteiger partial charge in [0.1, 0.15) is 15.3 Å². The van der Waals surface area contributed by atoms with Crippen molar-refractivity contribution < 1.29 is 19.1 Å². The number of rotatable bonds is 4. The van der Waals surface area contributed by atoms with Gasteiger partial charge in [0, 0.05) is 69.8 Å². The first-order chi connectivity index (χ1) is 19.5. The minimum absolute atomic E-state index is 0.0344. The van der Waals surface area contributed by atoms with Gasteiger partial charge in [-0.2, -0.15) is 0 Å². The summed E-state index contributed by atoms with van der Waals surface area (Å²) < 4.78 is 5.45. The molecule has 2 aliphatic rings. The summed E-state index contributed by atoms with van der Waals surface area (Å²) >= 11 is 1.23. The Morgan fingerprint density at radius 2 is 1.51 bits per heavy atom. The van der Waals surface area contributed by atoms with E-state index >= 15 is 0 Å². The van der Waals surface area contributed by atoms with Gasteiger partial charge in [-0.3, -0.25) is 9.59 Å². The van der Waals surface area contributed by atoms with Gasteiger partial charge in [-0.05, 0) is 57.5 Å². The van der Waals surface area contributed by atoms with E-state index in [2.05, 4.69) is 14.8 Å². The molecule has 2 saturated heterocycles. The maximum absolute atomic E-state index is 13.2. The number of amides is 3. The maximum atomic E-state index is 13.2. The molecule has 4 N–H and O–H groups in total. The summed E-state index contributed by atoms with van der Waals surface area (Å²) in [5, 5.41) is 0.787. The topological polar surface area (TPSA) is 138 Å². The molecule has 0 unspecified atom stereocenters. The predicted molar refractivity (Wildman–Crippen MR) is 162 cm³/mol. The van der Waals surface area contributed by atoms with Gasteiger partial charge in [0.05, 0.1) is 16.8 Å². The van der Waals surface area contributed by atoms with E-state index in [9.17, 15) is 14.4 Å². The van der Waals surface area contributed by atoms with Crippen molar-refractivity contribution in [1.82, 2.24) is 14.8 Å². The molecule has 2 aromatic heterocycles. The number of pyridine rings is 1. The van der Waals surface area contributed by atoms with Gasteiger partial charge in [0.15, 0.2) is 0 Å². The van der Waals surface area contributed by atoms with Crippen molar-refractivity contribution >= 4 is 56.5 Å². The number of anilines is 3. The van der Waals surface area contributed by atoms with Gasteiger partial charge < -0.3 is 35.8 Å². The number of ether oxygens (including phenoxy) is 1. The van der Waals surface area contributed by atoms with Crippen LogP contribution >= 0.6 is 11.3 Å². The normalized spacial score (nSPS) is 16.6. The summed E-state index contributed by atoms with van der Waals surface area (Å²) in [4.78, 5) is 50.8. The van der Waals surface area contributed by atoms with E-state index in [0.29, 0.717) is 47.1 Å². The van der Waals surface area contributed by atoms with Crippen molar-refractivity contribution in [1.29, 1.82) is 0 Å². The zero-order valence-electron chi connectivity index (χ0n) is 23.8. The number of carbonyl (C=O) groups is 3. The smallest absolute Gasteiger partial charge is 0.410 e. The lowest BCUT2D eigenvalue weighted by atomic mass is 10.1. The van der Waals surface area contributed by atoms with Gasteiger partial charge in [-0.25, -0.2) is 9.78 Å². The third kappa shape index (κ3) is 6.17. The Kier molecular flexibility index (Phi) is 7.94. The zero-order valence-corrected chi connectivity index (χ0v) is 24.6. The van der Waals surface area contributed by atoms with Crippen molar-refractivity contribution in [2.45, 2.75) is 32.8 Å². The standard InChI is InChI=1S/C29H37N7O4S/c1-29(2,3)40-28(39)36-17-15-35(16-18-36)27(38)19-5-7-20(8-6-19)33-11-4-12-34(14-13-33)21-9-10-32-26-22(21)23(30)24(41-26)25(31)37/h5-10H,4,11-18,30H2,1-3H3,(H2,31,37). The Morgan fingerprint density at radius 1 is 0.878 bits per heavy atom. The highest BCUT2D eigenvalue weighted by molar-refractivity contribution is 7.21. The van der Waals surface area contributed by atoms with E-state index in [4.69, 9.17) is 16.2 Å². The SMILES string of the molecule is CC(C)(C)OC(=O)N1CCN(C(=O)c2ccc(N3CCCN(c4ccnc5sc(C(N)=O)c(N)c45)CC3)cc2)CC1. The molecule has 0 radical (unpaired) electrons. The maximum Gasteiger partial charge on any atom is 0.410 e. The number of aromatic nitrogens is 1. The highest BCUT2D eigenvalue weighted by atomic mass is 32.1. The molecule has 218 valence electrons. The quantitative estimate of drug-likeness (QED) is 0.480. The van der Waals surface area contributed by atoms with Crippen LogP contribution in [0.3, 0.4) is 0 Å². The van der Waals surface area contributed by atoms with Crippen LogP contribution in [0, 0.1) is 0 Å². The van der Waals surface area contributed by atoms with E-state index in [-0.39, 0.29) is 12.0 Å². The number of hydrogen-bond acceptors (Lipinski definition) is 9. The Hall–Kier alpha value is -4.06. The molecular formula is C29H37N7O4S. The van der Waals surface area contributed by atoms with Crippen molar-refractivity contribution in [2.75, 3.05) is 67.9 Å². The first kappa shape index (κ1) is 28.5. The number of nitrogens with zero attached hydrogens (tertiary/aromatic N) is 5. The van der Waals surface area contributed by atoms with Crippen LogP contribution in [0.1, 0.15) is 47.2 Å². The molecule has 0 aliphatic carbocycles. The molecule has 0 saturated carbocycles. The molecule has 4 heterocycles. The van der Waals surface area contributed by atoms with Crippen LogP contribution in [0.4, 0.5) is 21.9 Å². The fourth-order valence-corrected chi connectivity index (χ4v) is 6.24. The average molecular weight is 580 g/mol. The number of benzene rings is 1. The number of fused-ring (bicyclic) bond motifs is 1. The predicted octanol–water partition coefficient (Wildman–Crippen LogP) is 3.39. The van der Waals surface area contributed by atoms with E-state index in [1.807, 2.05) is 51.1 Å². The number of piperazine rings is 1. The Morgan fingerprint density at radius 3 is 2.17 bits per heavy atom. The zero-order chi connectivity index (χ0) is 29.3. The van der Waals surface area contributed by atoms with Crippen molar-refractivity contribution in [3.63, 3.8) is 0 Å². The number of hydrogen-bond donors (Lipinski definition) is 2. The second-order valence-electron chi connectivity index (χ2n) is 11.4. The van der Waals surface area contributed by atoms with Gasteiger partial charge in [-0.15, -0.1) is 11.3 Å². The molecule has 12 heteroatoms. The fourth-order valence-electron chi connectivity index (χ4n) is 5.31. The molecule has 3 amide bonds. The van der Waals surface area contributed by atoms with Crippen LogP contribution in [-0.2, 0) is 4.74 Å². The van der Waals surface area contributed by atoms with E-state index < -0.39 is 11.5 Å². The van der Waals surface area contributed by atoms with E-state index in [0.717, 1.165) is 49.4 Å². The number of thiophene rings is 1. The molecule has 2 fully saturated rings. The van der Waals surface area contributed by atoms with Crippen molar-refractivity contribution in [3.05, 3.63) is 47.0 Å². The largest absolute Gasteiger partial charge is 0.444 e. The monoisotopic (exact) mass is 579 g/mol. The van der Waals surface area contributed by atoms with Crippen LogP contribution in [0.25, 0.3) is 10.2 Å². The molecule has 3 aromatic rings. The Balaban J connectivity index is 1.20. The second kappa shape index (κ2) is 11.4. The minimum Gasteiger partial charge on any atom is -0.444 e. The molecule has 11 nitrogen and oxygen atoms in total. The summed E-state index contributed by atoms with van der Waals surface area (Å²) in [6, 6.07) is 9.70. The molecular weight excluding hydrogens is 542 g/mol. The number of nitrogen functional groups attached to an aromatic ring is 1. The molecule has 0 spiro atoms. The molecule has 5 rings (SSSR count). The molecule has 0 atom stereocenters. The highest BCUT2D eigenvalue weighted by Crippen LogP contribution is 2.38. The second-order valence-corrected chi connectivity index (χ2v) is 12.4. The van der Waals surface area contributed by atoms with Crippen LogP contribution in [0.2, 0.25) is 0 Å². The summed E-state index contributed by atoms with van der Waals surface area (Å²) in [7, 11) is 0. The van der Waals surface area contributed by atoms with Gasteiger partial charge in [0.2, 0.25) is 0 Å². The van der Waals surface area contributed by atoms with Crippen LogP contribution in [-0.4, -0.2) is 90.7 Å². The fraction of sp³-hybridized carbons (Fsp3) is 0.448. The van der Waals surface area contributed by atoms with Crippen LogP contribution < -0.4 is 21.3 Å². The Bertz CT molecular complexity index is 1440. The van der Waals surface area contributed by atoms with Gasteiger partial charge in [-0.1, -0.05) is 0 Å².